The number of amides is 1. The van der Waals surface area contributed by atoms with Gasteiger partial charge in [-0.2, -0.15) is 0 Å². The second-order valence-electron chi connectivity index (χ2n) is 4.92. The molecule has 0 radical (unpaired) electrons. The molecule has 0 bridgehead atoms. The van der Waals surface area contributed by atoms with Gasteiger partial charge in [0.1, 0.15) is 5.82 Å². The number of nitrogens with one attached hydrogen (secondary N) is 1. The minimum atomic E-state index is -0.845. The monoisotopic (exact) mass is 347 g/mol. The van der Waals surface area contributed by atoms with Crippen molar-refractivity contribution in [2.75, 3.05) is 18.9 Å². The molecule has 6 heteroatoms. The molecule has 0 heterocycles. The summed E-state index contributed by atoms with van der Waals surface area (Å²) >= 11 is 1.71. The summed E-state index contributed by atoms with van der Waals surface area (Å²) in [6.07, 6.45) is 0.798. The number of esters is 1. The minimum absolute atomic E-state index is 0.176. The van der Waals surface area contributed by atoms with Crippen molar-refractivity contribution in [3.05, 3.63) is 66.0 Å². The number of thioether (sulfide) groups is 1. The average molecular weight is 347 g/mol. The first-order chi connectivity index (χ1) is 11.7. The molecule has 24 heavy (non-hydrogen) atoms. The van der Waals surface area contributed by atoms with Crippen molar-refractivity contribution in [3.8, 4) is 0 Å². The number of hydrogen-bond acceptors (Lipinski definition) is 4. The number of hydrogen-bond donors (Lipinski definition) is 1. The summed E-state index contributed by atoms with van der Waals surface area (Å²) in [7, 11) is 0. The number of ether oxygens (including phenoxy) is 1. The van der Waals surface area contributed by atoms with Gasteiger partial charge in [-0.3, -0.25) is 4.79 Å². The van der Waals surface area contributed by atoms with Crippen LogP contribution in [0.2, 0.25) is 0 Å². The lowest BCUT2D eigenvalue weighted by atomic mass is 10.2. The second kappa shape index (κ2) is 9.72. The van der Waals surface area contributed by atoms with E-state index >= 15 is 0 Å². The molecule has 0 aliphatic carbocycles. The Bertz CT molecular complexity index is 679. The van der Waals surface area contributed by atoms with Crippen molar-refractivity contribution < 1.29 is 18.7 Å². The lowest BCUT2D eigenvalue weighted by molar-refractivity contribution is -0.124. The first-order valence-corrected chi connectivity index (χ1v) is 8.51. The maximum atomic E-state index is 13.4. The number of carbonyl (C=O) groups is 2. The highest BCUT2D eigenvalue weighted by Gasteiger charge is 2.13. The molecule has 2 rings (SSSR count). The normalized spacial score (nSPS) is 10.2. The molecule has 0 unspecified atom stereocenters. The smallest absolute Gasteiger partial charge is 0.341 e. The van der Waals surface area contributed by atoms with Gasteiger partial charge in [0, 0.05) is 11.4 Å². The van der Waals surface area contributed by atoms with E-state index in [2.05, 4.69) is 5.32 Å². The molecule has 4 nitrogen and oxygen atoms in total. The molecule has 0 saturated carbocycles. The number of rotatable bonds is 8. The Balaban J connectivity index is 1.60. The van der Waals surface area contributed by atoms with E-state index in [9.17, 15) is 14.0 Å². The lowest BCUT2D eigenvalue weighted by Gasteiger charge is -2.07. The molecule has 1 N–H and O–H groups in total. The first kappa shape index (κ1) is 18.0. The largest absolute Gasteiger partial charge is 0.452 e. The third-order valence-electron chi connectivity index (χ3n) is 3.08. The number of carbonyl (C=O) groups excluding carboxylic acids is 2. The zero-order valence-electron chi connectivity index (χ0n) is 13.0. The van der Waals surface area contributed by atoms with Gasteiger partial charge in [0.05, 0.1) is 5.56 Å². The fraction of sp³-hybridized carbons (Fsp3) is 0.222. The Kier molecular flexibility index (Phi) is 7.29. The van der Waals surface area contributed by atoms with Crippen LogP contribution >= 0.6 is 11.8 Å². The summed E-state index contributed by atoms with van der Waals surface area (Å²) in [5, 5.41) is 2.67. The predicted molar refractivity (Wildman–Crippen MR) is 91.5 cm³/mol. The molecule has 0 spiro atoms. The minimum Gasteiger partial charge on any atom is -0.452 e. The van der Waals surface area contributed by atoms with Crippen LogP contribution in [0.25, 0.3) is 0 Å². The van der Waals surface area contributed by atoms with Crippen molar-refractivity contribution in [2.24, 2.45) is 0 Å². The van der Waals surface area contributed by atoms with E-state index in [1.807, 2.05) is 30.3 Å². The Labute approximate surface area is 144 Å². The van der Waals surface area contributed by atoms with Crippen molar-refractivity contribution in [1.29, 1.82) is 0 Å². The molecule has 0 aromatic heterocycles. The van der Waals surface area contributed by atoms with Gasteiger partial charge in [-0.05, 0) is 36.4 Å². The van der Waals surface area contributed by atoms with Crippen LogP contribution in [0.1, 0.15) is 16.8 Å². The molecule has 0 aliphatic heterocycles. The second-order valence-corrected chi connectivity index (χ2v) is 6.09. The Morgan fingerprint density at radius 2 is 1.75 bits per heavy atom. The molecule has 126 valence electrons. The molecule has 0 atom stereocenters. The molecule has 0 saturated heterocycles. The van der Waals surface area contributed by atoms with Gasteiger partial charge in [-0.1, -0.05) is 30.3 Å². The summed E-state index contributed by atoms with van der Waals surface area (Å²) in [6.45, 7) is 0.0783. The van der Waals surface area contributed by atoms with E-state index in [1.165, 1.54) is 29.2 Å². The third-order valence-corrected chi connectivity index (χ3v) is 4.18. The van der Waals surface area contributed by atoms with Crippen LogP contribution in [0, 0.1) is 5.82 Å². The Morgan fingerprint density at radius 3 is 2.50 bits per heavy atom. The van der Waals surface area contributed by atoms with Gasteiger partial charge in [-0.15, -0.1) is 11.8 Å². The van der Waals surface area contributed by atoms with Crippen LogP contribution in [-0.4, -0.2) is 30.8 Å². The average Bonchev–Trinajstić information content (AvgIpc) is 2.60. The molecular formula is C18H18FNO3S. The topological polar surface area (TPSA) is 55.4 Å². The molecule has 2 aromatic carbocycles. The molecule has 0 aliphatic rings. The van der Waals surface area contributed by atoms with Gasteiger partial charge in [0.25, 0.3) is 5.91 Å². The molecule has 0 fully saturated rings. The summed E-state index contributed by atoms with van der Waals surface area (Å²) in [4.78, 5) is 24.4. The van der Waals surface area contributed by atoms with E-state index in [-0.39, 0.29) is 5.56 Å². The highest BCUT2D eigenvalue weighted by atomic mass is 32.2. The molecular weight excluding hydrogens is 329 g/mol. The van der Waals surface area contributed by atoms with Crippen molar-refractivity contribution in [3.63, 3.8) is 0 Å². The summed E-state index contributed by atoms with van der Waals surface area (Å²) in [5.74, 6) is -1.03. The van der Waals surface area contributed by atoms with Gasteiger partial charge in [0.2, 0.25) is 0 Å². The fourth-order valence-corrected chi connectivity index (χ4v) is 2.77. The predicted octanol–water partition coefficient (Wildman–Crippen LogP) is 3.28. The SMILES string of the molecule is O=C(COC(=O)c1ccccc1F)NCCCSc1ccccc1. The van der Waals surface area contributed by atoms with Gasteiger partial charge in [-0.25, -0.2) is 9.18 Å². The molecule has 1 amide bonds. The van der Waals surface area contributed by atoms with Crippen LogP contribution in [0.5, 0.6) is 0 Å². The number of halogens is 1. The summed E-state index contributed by atoms with van der Waals surface area (Å²) < 4.78 is 18.2. The van der Waals surface area contributed by atoms with Crippen molar-refractivity contribution in [2.45, 2.75) is 11.3 Å². The maximum absolute atomic E-state index is 13.4. The van der Waals surface area contributed by atoms with Crippen LogP contribution < -0.4 is 5.32 Å². The third kappa shape index (κ3) is 6.04. The zero-order chi connectivity index (χ0) is 17.2. The highest BCUT2D eigenvalue weighted by Crippen LogP contribution is 2.17. The highest BCUT2D eigenvalue weighted by molar-refractivity contribution is 7.99. The zero-order valence-corrected chi connectivity index (χ0v) is 13.9. The van der Waals surface area contributed by atoms with E-state index in [0.29, 0.717) is 6.54 Å². The van der Waals surface area contributed by atoms with E-state index in [4.69, 9.17) is 4.74 Å². The Hall–Kier alpha value is -2.34. The van der Waals surface area contributed by atoms with Crippen molar-refractivity contribution >= 4 is 23.6 Å². The van der Waals surface area contributed by atoms with Crippen molar-refractivity contribution in [1.82, 2.24) is 5.32 Å². The fourth-order valence-electron chi connectivity index (χ4n) is 1.89. The maximum Gasteiger partial charge on any atom is 0.341 e. The van der Waals surface area contributed by atoms with Gasteiger partial charge < -0.3 is 10.1 Å². The Morgan fingerprint density at radius 1 is 1.04 bits per heavy atom. The van der Waals surface area contributed by atoms with Crippen LogP contribution in [0.4, 0.5) is 4.39 Å². The molecule has 2 aromatic rings. The quantitative estimate of drug-likeness (QED) is 0.452. The van der Waals surface area contributed by atoms with Crippen LogP contribution in [0.3, 0.4) is 0 Å². The standard InChI is InChI=1S/C18H18FNO3S/c19-16-10-5-4-9-15(16)18(22)23-13-17(21)20-11-6-12-24-14-7-2-1-3-8-14/h1-5,7-10H,6,11-13H2,(H,20,21). The summed E-state index contributed by atoms with van der Waals surface area (Å²) in [5.41, 5.74) is -0.176. The van der Waals surface area contributed by atoms with Gasteiger partial charge >= 0.3 is 5.97 Å². The van der Waals surface area contributed by atoms with E-state index in [0.717, 1.165) is 12.2 Å². The summed E-state index contributed by atoms with van der Waals surface area (Å²) in [6, 6.07) is 15.5. The van der Waals surface area contributed by atoms with Crippen LogP contribution in [-0.2, 0) is 9.53 Å². The number of benzene rings is 2. The lowest BCUT2D eigenvalue weighted by Crippen LogP contribution is -2.30. The van der Waals surface area contributed by atoms with Gasteiger partial charge in [0.15, 0.2) is 6.61 Å². The van der Waals surface area contributed by atoms with Crippen LogP contribution in [0.15, 0.2) is 59.5 Å². The van der Waals surface area contributed by atoms with E-state index < -0.39 is 24.3 Å². The van der Waals surface area contributed by atoms with E-state index in [1.54, 1.807) is 11.8 Å². The first-order valence-electron chi connectivity index (χ1n) is 7.53.